The van der Waals surface area contributed by atoms with Crippen molar-refractivity contribution in [3.05, 3.63) is 10.6 Å². The second-order valence-electron chi connectivity index (χ2n) is 10.9. The van der Waals surface area contributed by atoms with Crippen LogP contribution in [0.1, 0.15) is 41.5 Å². The second-order valence-corrected chi connectivity index (χ2v) is 25.0. The van der Waals surface area contributed by atoms with E-state index in [1.807, 2.05) is 0 Å². The molecular formula is C19H35Br3O2Si2. The van der Waals surface area contributed by atoms with Gasteiger partial charge < -0.3 is 8.85 Å². The van der Waals surface area contributed by atoms with Gasteiger partial charge in [0.1, 0.15) is 6.10 Å². The van der Waals surface area contributed by atoms with Gasteiger partial charge >= 0.3 is 0 Å². The first kappa shape index (κ1) is 23.8. The van der Waals surface area contributed by atoms with Gasteiger partial charge in [-0.15, -0.1) is 0 Å². The fraction of sp³-hybridized carbons (Fsp3) is 0.895. The topological polar surface area (TPSA) is 18.5 Å². The Labute approximate surface area is 187 Å². The molecule has 0 saturated heterocycles. The molecule has 2 rings (SSSR count). The van der Waals surface area contributed by atoms with Gasteiger partial charge in [-0.25, -0.2) is 0 Å². The smallest absolute Gasteiger partial charge is 0.193 e. The monoisotopic (exact) mass is 588 g/mol. The molecule has 0 aromatic heterocycles. The van der Waals surface area contributed by atoms with Crippen LogP contribution in [-0.4, -0.2) is 32.1 Å². The average Bonchev–Trinajstić information content (AvgIpc) is 2.92. The summed E-state index contributed by atoms with van der Waals surface area (Å²) in [5.41, 5.74) is 0. The standard InChI is InChI=1S/C19H35Br3O2Si2/c1-17(2,3)25(7,8)23-15-13(20)11-12-14(19(12,21)22)16(15)24-26(9,10)18(4,5)6/h11-12,14-16H,1-10H3/t12-,14-,15-,16+/m1/s1. The van der Waals surface area contributed by atoms with Crippen molar-refractivity contribution < 1.29 is 8.85 Å². The van der Waals surface area contributed by atoms with Crippen LogP contribution in [0.4, 0.5) is 0 Å². The van der Waals surface area contributed by atoms with E-state index in [0.717, 1.165) is 4.48 Å². The predicted octanol–water partition coefficient (Wildman–Crippen LogP) is 7.79. The van der Waals surface area contributed by atoms with E-state index >= 15 is 0 Å². The first-order valence-electron chi connectivity index (χ1n) is 9.43. The van der Waals surface area contributed by atoms with Crippen LogP contribution in [0.2, 0.25) is 36.3 Å². The predicted molar refractivity (Wildman–Crippen MR) is 129 cm³/mol. The molecule has 0 heterocycles. The molecule has 0 N–H and O–H groups in total. The van der Waals surface area contributed by atoms with E-state index in [0.29, 0.717) is 11.8 Å². The van der Waals surface area contributed by atoms with Crippen LogP contribution in [-0.2, 0) is 8.85 Å². The van der Waals surface area contributed by atoms with Gasteiger partial charge in [-0.2, -0.15) is 0 Å². The molecule has 0 spiro atoms. The quantitative estimate of drug-likeness (QED) is 0.246. The highest BCUT2D eigenvalue weighted by Crippen LogP contribution is 2.68. The number of alkyl halides is 2. The first-order chi connectivity index (χ1) is 11.3. The fourth-order valence-electron chi connectivity index (χ4n) is 2.89. The Hall–Kier alpha value is 1.53. The fourth-order valence-corrected chi connectivity index (χ4v) is 7.92. The molecule has 0 radical (unpaired) electrons. The first-order valence-corrected chi connectivity index (χ1v) is 17.6. The van der Waals surface area contributed by atoms with Gasteiger partial charge in [-0.3, -0.25) is 0 Å². The summed E-state index contributed by atoms with van der Waals surface area (Å²) in [5, 5.41) is 0.343. The van der Waals surface area contributed by atoms with Gasteiger partial charge in [-0.1, -0.05) is 95.4 Å². The molecule has 2 aliphatic carbocycles. The molecule has 4 atom stereocenters. The molecule has 1 saturated carbocycles. The van der Waals surface area contributed by atoms with E-state index < -0.39 is 16.6 Å². The number of fused-ring (bicyclic) bond motifs is 1. The molecule has 0 aromatic rings. The van der Waals surface area contributed by atoms with Gasteiger partial charge in [0.15, 0.2) is 16.6 Å². The van der Waals surface area contributed by atoms with Gasteiger partial charge in [0.05, 0.1) is 9.34 Å². The molecule has 0 amide bonds. The Morgan fingerprint density at radius 1 is 0.885 bits per heavy atom. The molecular weight excluding hydrogens is 556 g/mol. The highest BCUT2D eigenvalue weighted by Gasteiger charge is 2.69. The third-order valence-electron chi connectivity index (χ3n) is 6.89. The zero-order chi connectivity index (χ0) is 20.5. The van der Waals surface area contributed by atoms with E-state index in [9.17, 15) is 0 Å². The van der Waals surface area contributed by atoms with Gasteiger partial charge in [0, 0.05) is 16.3 Å². The highest BCUT2D eigenvalue weighted by atomic mass is 79.9. The van der Waals surface area contributed by atoms with Crippen LogP contribution in [0.3, 0.4) is 0 Å². The summed E-state index contributed by atoms with van der Waals surface area (Å²) < 4.78 is 15.0. The molecule has 152 valence electrons. The van der Waals surface area contributed by atoms with E-state index in [-0.39, 0.29) is 25.5 Å². The lowest BCUT2D eigenvalue weighted by Gasteiger charge is -2.46. The lowest BCUT2D eigenvalue weighted by atomic mass is 10.0. The lowest BCUT2D eigenvalue weighted by molar-refractivity contribution is 0.0406. The van der Waals surface area contributed by atoms with Crippen LogP contribution in [0, 0.1) is 11.8 Å². The third-order valence-corrected chi connectivity index (χ3v) is 18.7. The molecule has 0 aliphatic heterocycles. The van der Waals surface area contributed by atoms with E-state index in [4.69, 9.17) is 8.85 Å². The molecule has 2 nitrogen and oxygen atoms in total. The third kappa shape index (κ3) is 4.34. The van der Waals surface area contributed by atoms with Crippen molar-refractivity contribution in [3.63, 3.8) is 0 Å². The number of hydrogen-bond donors (Lipinski definition) is 0. The molecule has 2 aliphatic rings. The minimum Gasteiger partial charge on any atom is -0.411 e. The number of allylic oxidation sites excluding steroid dienone is 1. The average molecular weight is 591 g/mol. The van der Waals surface area contributed by atoms with Crippen molar-refractivity contribution in [1.29, 1.82) is 0 Å². The SMILES string of the molecule is CC(C)(C)[Si](C)(C)O[C@H]1[C@H]2[C@@H](C=C(Br)[C@H]1O[Si](C)(C)C(C)(C)C)C2(Br)Br. The Morgan fingerprint density at radius 3 is 1.73 bits per heavy atom. The van der Waals surface area contributed by atoms with E-state index in [1.165, 1.54) is 0 Å². The Kier molecular flexibility index (Phi) is 6.46. The van der Waals surface area contributed by atoms with Crippen molar-refractivity contribution in [2.45, 2.75) is 93.2 Å². The maximum atomic E-state index is 6.98. The van der Waals surface area contributed by atoms with Crippen LogP contribution in [0.15, 0.2) is 10.6 Å². The van der Waals surface area contributed by atoms with E-state index in [1.54, 1.807) is 0 Å². The zero-order valence-corrected chi connectivity index (χ0v) is 24.6. The van der Waals surface area contributed by atoms with Crippen LogP contribution < -0.4 is 0 Å². The summed E-state index contributed by atoms with van der Waals surface area (Å²) in [6.45, 7) is 23.1. The summed E-state index contributed by atoms with van der Waals surface area (Å²) in [4.78, 5) is 0. The van der Waals surface area contributed by atoms with Crippen LogP contribution in [0.25, 0.3) is 0 Å². The Balaban J connectivity index is 2.38. The van der Waals surface area contributed by atoms with Crippen molar-refractivity contribution in [3.8, 4) is 0 Å². The highest BCUT2D eigenvalue weighted by molar-refractivity contribution is 9.25. The summed E-state index contributed by atoms with van der Waals surface area (Å²) in [6, 6.07) is 0. The maximum absolute atomic E-state index is 6.98. The molecule has 1 fully saturated rings. The van der Waals surface area contributed by atoms with Crippen molar-refractivity contribution in [1.82, 2.24) is 0 Å². The summed E-state index contributed by atoms with van der Waals surface area (Å²) in [5.74, 6) is 0.832. The Bertz CT molecular complexity index is 589. The summed E-state index contributed by atoms with van der Waals surface area (Å²) >= 11 is 11.6. The second kappa shape index (κ2) is 7.05. The Morgan fingerprint density at radius 2 is 1.31 bits per heavy atom. The van der Waals surface area contributed by atoms with Gasteiger partial charge in [-0.05, 0) is 36.3 Å². The van der Waals surface area contributed by atoms with Crippen LogP contribution in [0.5, 0.6) is 0 Å². The molecule has 7 heteroatoms. The minimum absolute atomic E-state index is 0.0248. The number of halogens is 3. The minimum atomic E-state index is -1.92. The normalized spacial score (nSPS) is 32.1. The van der Waals surface area contributed by atoms with Crippen molar-refractivity contribution in [2.24, 2.45) is 11.8 Å². The van der Waals surface area contributed by atoms with Crippen LogP contribution >= 0.6 is 47.8 Å². The van der Waals surface area contributed by atoms with E-state index in [2.05, 4.69) is 122 Å². The van der Waals surface area contributed by atoms with Gasteiger partial charge in [0.2, 0.25) is 0 Å². The molecule has 26 heavy (non-hydrogen) atoms. The maximum Gasteiger partial charge on any atom is 0.193 e. The van der Waals surface area contributed by atoms with Crippen molar-refractivity contribution in [2.75, 3.05) is 0 Å². The zero-order valence-electron chi connectivity index (χ0n) is 17.8. The number of hydrogen-bond acceptors (Lipinski definition) is 2. The summed E-state index contributed by atoms with van der Waals surface area (Å²) in [6.07, 6.45) is 2.36. The molecule has 0 aromatic carbocycles. The van der Waals surface area contributed by atoms with Crippen molar-refractivity contribution >= 4 is 64.4 Å². The largest absolute Gasteiger partial charge is 0.411 e. The lowest BCUT2D eigenvalue weighted by Crippen LogP contribution is -2.53. The summed E-state index contributed by atoms with van der Waals surface area (Å²) in [7, 11) is -3.84. The molecule has 0 bridgehead atoms. The number of rotatable bonds is 4. The van der Waals surface area contributed by atoms with Gasteiger partial charge in [0.25, 0.3) is 0 Å². The molecule has 0 unspecified atom stereocenters.